The molecule has 0 aromatic heterocycles. The van der Waals surface area contributed by atoms with Crippen LogP contribution in [0.3, 0.4) is 0 Å². The number of anilines is 1. The Bertz CT molecular complexity index is 582. The van der Waals surface area contributed by atoms with E-state index < -0.39 is 0 Å². The van der Waals surface area contributed by atoms with Crippen LogP contribution in [0.25, 0.3) is 10.8 Å². The van der Waals surface area contributed by atoms with E-state index in [1.807, 2.05) is 6.07 Å². The normalized spacial score (nSPS) is 13.0. The molecule has 2 rings (SSSR count). The van der Waals surface area contributed by atoms with Gasteiger partial charge in [0.1, 0.15) is 0 Å². The van der Waals surface area contributed by atoms with E-state index in [-0.39, 0.29) is 0 Å². The van der Waals surface area contributed by atoms with Gasteiger partial charge >= 0.3 is 0 Å². The van der Waals surface area contributed by atoms with Crippen LogP contribution in [0, 0.1) is 0 Å². The molecule has 2 aromatic rings. The molecule has 0 aliphatic carbocycles. The monoisotopic (exact) mass is 286 g/mol. The molecular weight excluding hydrogens is 260 g/mol. The number of nitrogens with zero attached hydrogens (tertiary/aromatic N) is 1. The second-order valence-electron chi connectivity index (χ2n) is 5.62. The lowest BCUT2D eigenvalue weighted by atomic mass is 10.0. The Morgan fingerprint density at radius 2 is 1.86 bits per heavy atom. The van der Waals surface area contributed by atoms with Gasteiger partial charge < -0.3 is 10.5 Å². The number of methoxy groups -OCH3 is 1. The van der Waals surface area contributed by atoms with E-state index in [1.54, 1.807) is 7.11 Å². The first-order valence-corrected chi connectivity index (χ1v) is 7.65. The van der Waals surface area contributed by atoms with Crippen molar-refractivity contribution in [2.24, 2.45) is 0 Å². The van der Waals surface area contributed by atoms with Gasteiger partial charge in [-0.3, -0.25) is 4.90 Å². The zero-order valence-electron chi connectivity index (χ0n) is 13.3. The standard InChI is InChI=1S/C18H26N2O/c1-4-14(2)20(9-10-21-3)13-17-11-15-7-5-6-8-16(15)12-18(17)19/h5-8,11-12,14H,4,9-10,13,19H2,1-3H3. The molecular formula is C18H26N2O. The van der Waals surface area contributed by atoms with Crippen LogP contribution < -0.4 is 5.73 Å². The summed E-state index contributed by atoms with van der Waals surface area (Å²) in [6.45, 7) is 7.02. The predicted molar refractivity (Wildman–Crippen MR) is 90.4 cm³/mol. The minimum atomic E-state index is 0.519. The van der Waals surface area contributed by atoms with Crippen molar-refractivity contribution in [1.82, 2.24) is 4.90 Å². The highest BCUT2D eigenvalue weighted by molar-refractivity contribution is 5.86. The third-order valence-corrected chi connectivity index (χ3v) is 4.18. The Morgan fingerprint density at radius 1 is 1.19 bits per heavy atom. The minimum absolute atomic E-state index is 0.519. The molecule has 0 saturated heterocycles. The number of nitrogens with two attached hydrogens (primary N) is 1. The van der Waals surface area contributed by atoms with Crippen molar-refractivity contribution in [3.63, 3.8) is 0 Å². The molecule has 2 N–H and O–H groups in total. The van der Waals surface area contributed by atoms with Gasteiger partial charge in [0.05, 0.1) is 6.61 Å². The fraction of sp³-hybridized carbons (Fsp3) is 0.444. The summed E-state index contributed by atoms with van der Waals surface area (Å²) in [6.07, 6.45) is 1.12. The van der Waals surface area contributed by atoms with Crippen molar-refractivity contribution in [1.29, 1.82) is 0 Å². The van der Waals surface area contributed by atoms with Gasteiger partial charge in [-0.25, -0.2) is 0 Å². The van der Waals surface area contributed by atoms with Gasteiger partial charge in [0, 0.05) is 31.9 Å². The molecule has 2 aromatic carbocycles. The van der Waals surface area contributed by atoms with Crippen LogP contribution in [0.2, 0.25) is 0 Å². The smallest absolute Gasteiger partial charge is 0.0589 e. The van der Waals surface area contributed by atoms with Gasteiger partial charge in [0.2, 0.25) is 0 Å². The van der Waals surface area contributed by atoms with Gasteiger partial charge in [0.15, 0.2) is 0 Å². The Labute approximate surface area is 127 Å². The highest BCUT2D eigenvalue weighted by Crippen LogP contribution is 2.24. The largest absolute Gasteiger partial charge is 0.398 e. The summed E-state index contributed by atoms with van der Waals surface area (Å²) in [5.74, 6) is 0. The molecule has 1 atom stereocenters. The predicted octanol–water partition coefficient (Wildman–Crippen LogP) is 3.67. The number of fused-ring (bicyclic) bond motifs is 1. The van der Waals surface area contributed by atoms with E-state index in [4.69, 9.17) is 10.5 Å². The fourth-order valence-corrected chi connectivity index (χ4v) is 2.58. The Kier molecular flexibility index (Phi) is 5.59. The van der Waals surface area contributed by atoms with Crippen molar-refractivity contribution in [2.45, 2.75) is 32.9 Å². The first kappa shape index (κ1) is 15.8. The van der Waals surface area contributed by atoms with Crippen LogP contribution in [0.1, 0.15) is 25.8 Å². The molecule has 0 spiro atoms. The van der Waals surface area contributed by atoms with Crippen LogP contribution in [0.15, 0.2) is 36.4 Å². The Morgan fingerprint density at radius 3 is 2.48 bits per heavy atom. The second-order valence-corrected chi connectivity index (χ2v) is 5.62. The summed E-state index contributed by atoms with van der Waals surface area (Å²) >= 11 is 0. The molecule has 0 bridgehead atoms. The summed E-state index contributed by atoms with van der Waals surface area (Å²) in [4.78, 5) is 2.43. The van der Waals surface area contributed by atoms with Gasteiger partial charge in [-0.15, -0.1) is 0 Å². The van der Waals surface area contributed by atoms with Crippen LogP contribution in [0.5, 0.6) is 0 Å². The van der Waals surface area contributed by atoms with E-state index in [2.05, 4.69) is 49.1 Å². The molecule has 0 fully saturated rings. The Balaban J connectivity index is 2.24. The Hall–Kier alpha value is -1.58. The average molecular weight is 286 g/mol. The molecule has 1 unspecified atom stereocenters. The highest BCUT2D eigenvalue weighted by atomic mass is 16.5. The first-order chi connectivity index (χ1) is 10.2. The van der Waals surface area contributed by atoms with Crippen LogP contribution in [-0.4, -0.2) is 31.2 Å². The zero-order chi connectivity index (χ0) is 15.2. The van der Waals surface area contributed by atoms with E-state index in [0.29, 0.717) is 6.04 Å². The van der Waals surface area contributed by atoms with Gasteiger partial charge in [-0.2, -0.15) is 0 Å². The summed E-state index contributed by atoms with van der Waals surface area (Å²) in [5.41, 5.74) is 8.32. The highest BCUT2D eigenvalue weighted by Gasteiger charge is 2.14. The third kappa shape index (κ3) is 3.96. The maximum atomic E-state index is 6.25. The van der Waals surface area contributed by atoms with Gasteiger partial charge in [-0.05, 0) is 41.8 Å². The number of ether oxygens (including phenoxy) is 1. The van der Waals surface area contributed by atoms with Crippen molar-refractivity contribution < 1.29 is 4.74 Å². The summed E-state index contributed by atoms with van der Waals surface area (Å²) in [5, 5.41) is 2.45. The molecule has 0 heterocycles. The van der Waals surface area contributed by atoms with Crippen LogP contribution >= 0.6 is 0 Å². The van der Waals surface area contributed by atoms with Crippen molar-refractivity contribution in [3.05, 3.63) is 42.0 Å². The summed E-state index contributed by atoms with van der Waals surface area (Å²) in [7, 11) is 1.75. The maximum absolute atomic E-state index is 6.25. The van der Waals surface area contributed by atoms with E-state index in [0.717, 1.165) is 31.8 Å². The van der Waals surface area contributed by atoms with Crippen molar-refractivity contribution >= 4 is 16.5 Å². The minimum Gasteiger partial charge on any atom is -0.398 e. The first-order valence-electron chi connectivity index (χ1n) is 7.65. The zero-order valence-corrected chi connectivity index (χ0v) is 13.3. The average Bonchev–Trinajstić information content (AvgIpc) is 2.51. The van der Waals surface area contributed by atoms with Crippen molar-refractivity contribution in [2.75, 3.05) is 26.0 Å². The van der Waals surface area contributed by atoms with Gasteiger partial charge in [0.25, 0.3) is 0 Å². The van der Waals surface area contributed by atoms with Crippen LogP contribution in [0.4, 0.5) is 5.69 Å². The summed E-state index contributed by atoms with van der Waals surface area (Å²) in [6, 6.07) is 13.2. The SMILES string of the molecule is CCC(C)N(CCOC)Cc1cc2ccccc2cc1N. The van der Waals surface area contributed by atoms with E-state index in [1.165, 1.54) is 16.3 Å². The fourth-order valence-electron chi connectivity index (χ4n) is 2.58. The van der Waals surface area contributed by atoms with Gasteiger partial charge in [-0.1, -0.05) is 31.2 Å². The molecule has 0 aliphatic heterocycles. The molecule has 0 aliphatic rings. The quantitative estimate of drug-likeness (QED) is 0.789. The summed E-state index contributed by atoms with van der Waals surface area (Å²) < 4.78 is 5.23. The molecule has 21 heavy (non-hydrogen) atoms. The third-order valence-electron chi connectivity index (χ3n) is 4.18. The number of hydrogen-bond acceptors (Lipinski definition) is 3. The molecule has 0 radical (unpaired) electrons. The molecule has 3 nitrogen and oxygen atoms in total. The van der Waals surface area contributed by atoms with E-state index in [9.17, 15) is 0 Å². The molecule has 0 amide bonds. The molecule has 0 saturated carbocycles. The lowest BCUT2D eigenvalue weighted by Gasteiger charge is -2.28. The second kappa shape index (κ2) is 7.43. The number of rotatable bonds is 7. The molecule has 114 valence electrons. The van der Waals surface area contributed by atoms with Crippen LogP contribution in [-0.2, 0) is 11.3 Å². The maximum Gasteiger partial charge on any atom is 0.0589 e. The number of nitrogen functional groups attached to an aromatic ring is 1. The topological polar surface area (TPSA) is 38.5 Å². The van der Waals surface area contributed by atoms with Crippen molar-refractivity contribution in [3.8, 4) is 0 Å². The number of benzene rings is 2. The lowest BCUT2D eigenvalue weighted by Crippen LogP contribution is -2.35. The molecule has 3 heteroatoms. The van der Waals surface area contributed by atoms with E-state index >= 15 is 0 Å². The lowest BCUT2D eigenvalue weighted by molar-refractivity contribution is 0.118. The number of hydrogen-bond donors (Lipinski definition) is 1.